The molecule has 2 aromatic carbocycles. The summed E-state index contributed by atoms with van der Waals surface area (Å²) >= 11 is 0. The number of rotatable bonds is 6. The lowest BCUT2D eigenvalue weighted by Gasteiger charge is -2.62. The van der Waals surface area contributed by atoms with Crippen molar-refractivity contribution < 1.29 is 0 Å². The fourth-order valence-electron chi connectivity index (χ4n) is 8.59. The molecule has 4 aliphatic carbocycles. The van der Waals surface area contributed by atoms with E-state index in [9.17, 15) is 0 Å². The molecule has 0 spiro atoms. The Bertz CT molecular complexity index is 1350. The van der Waals surface area contributed by atoms with Crippen LogP contribution in [0.3, 0.4) is 0 Å². The van der Waals surface area contributed by atoms with E-state index >= 15 is 0 Å². The summed E-state index contributed by atoms with van der Waals surface area (Å²) < 4.78 is 0. The predicted molar refractivity (Wildman–Crippen MR) is 163 cm³/mol. The fraction of sp³-hybridized carbons (Fsp3) is 0.353. The highest BCUT2D eigenvalue weighted by Gasteiger charge is 2.58. The molecule has 2 heterocycles. The van der Waals surface area contributed by atoms with Gasteiger partial charge in [0, 0.05) is 17.8 Å². The number of hydrogen-bond donors (Lipinski definition) is 0. The van der Waals surface area contributed by atoms with Gasteiger partial charge in [0.15, 0.2) is 0 Å². The van der Waals surface area contributed by atoms with Crippen molar-refractivity contribution in [1.82, 2.24) is 9.97 Å². The van der Waals surface area contributed by atoms with Crippen LogP contribution in [-0.4, -0.2) is 16.1 Å². The van der Waals surface area contributed by atoms with Crippen LogP contribution in [0.2, 0.25) is 0 Å². The van der Waals surface area contributed by atoms with Crippen molar-refractivity contribution >= 4 is 18.5 Å². The van der Waals surface area contributed by atoms with E-state index in [1.807, 2.05) is 24.5 Å². The molecule has 0 aliphatic heterocycles. The molecule has 38 heavy (non-hydrogen) atoms. The third kappa shape index (κ3) is 3.75. The number of hydrogen-bond acceptors (Lipinski definition) is 2. The molecule has 4 heteroatoms. The molecule has 4 aliphatic rings. The Hall–Kier alpha value is -2.40. The van der Waals surface area contributed by atoms with Gasteiger partial charge in [-0.25, -0.2) is 0 Å². The van der Waals surface area contributed by atoms with Gasteiger partial charge in [-0.05, 0) is 115 Å². The summed E-state index contributed by atoms with van der Waals surface area (Å²) in [7, 11) is 6.45. The minimum absolute atomic E-state index is 0.175. The Labute approximate surface area is 231 Å². The highest BCUT2D eigenvalue weighted by atomic mass is 31.0. The number of benzene rings is 2. The Morgan fingerprint density at radius 1 is 0.684 bits per heavy atom. The van der Waals surface area contributed by atoms with Crippen molar-refractivity contribution in [3.8, 4) is 11.1 Å². The molecule has 0 saturated heterocycles. The summed E-state index contributed by atoms with van der Waals surface area (Å²) in [6.45, 7) is 0. The van der Waals surface area contributed by atoms with Crippen LogP contribution in [0.4, 0.5) is 0 Å². The summed E-state index contributed by atoms with van der Waals surface area (Å²) in [5.74, 6) is 3.36. The van der Waals surface area contributed by atoms with Gasteiger partial charge in [0.05, 0.1) is 16.5 Å². The monoisotopic (exact) mass is 534 g/mol. The molecule has 2 atom stereocenters. The van der Waals surface area contributed by atoms with Crippen LogP contribution < -0.4 is 0 Å². The second-order valence-electron chi connectivity index (χ2n) is 11.9. The highest BCUT2D eigenvalue weighted by Crippen LogP contribution is 2.65. The first-order valence-electron chi connectivity index (χ1n) is 14.1. The van der Waals surface area contributed by atoms with E-state index in [2.05, 4.69) is 91.3 Å². The zero-order valence-corrected chi connectivity index (χ0v) is 24.1. The second-order valence-corrected chi connectivity index (χ2v) is 13.2. The van der Waals surface area contributed by atoms with Gasteiger partial charge in [0.25, 0.3) is 0 Å². The molecule has 0 N–H and O–H groups in total. The van der Waals surface area contributed by atoms with Crippen LogP contribution in [0.1, 0.15) is 54.6 Å². The zero-order valence-electron chi connectivity index (χ0n) is 21.8. The zero-order chi connectivity index (χ0) is 25.7. The predicted octanol–water partition coefficient (Wildman–Crippen LogP) is 7.88. The summed E-state index contributed by atoms with van der Waals surface area (Å²) in [6.07, 6.45) is 12.0. The van der Waals surface area contributed by atoms with E-state index in [1.165, 1.54) is 54.4 Å². The maximum absolute atomic E-state index is 4.97. The molecule has 0 amide bonds. The smallest absolute Gasteiger partial charge is 0.0936 e. The van der Waals surface area contributed by atoms with Crippen molar-refractivity contribution in [1.29, 1.82) is 0 Å². The van der Waals surface area contributed by atoms with Gasteiger partial charge in [-0.15, -0.1) is 18.5 Å². The van der Waals surface area contributed by atoms with Gasteiger partial charge in [-0.2, -0.15) is 0 Å². The summed E-state index contributed by atoms with van der Waals surface area (Å²) in [6, 6.07) is 30.7. The molecule has 2 nitrogen and oxygen atoms in total. The first-order chi connectivity index (χ1) is 18.6. The number of nitrogens with zero attached hydrogens (tertiary/aromatic N) is 2. The number of pyridine rings is 2. The third-order valence-corrected chi connectivity index (χ3v) is 11.7. The summed E-state index contributed by atoms with van der Waals surface area (Å²) in [4.78, 5) is 9.93. The van der Waals surface area contributed by atoms with E-state index in [-0.39, 0.29) is 5.41 Å². The van der Waals surface area contributed by atoms with Crippen molar-refractivity contribution in [2.24, 2.45) is 23.7 Å². The van der Waals surface area contributed by atoms with Crippen LogP contribution in [-0.2, 0) is 10.6 Å². The summed E-state index contributed by atoms with van der Waals surface area (Å²) in [5, 5.41) is -0.551. The largest absolute Gasteiger partial charge is 0.260 e. The average Bonchev–Trinajstić information content (AvgIpc) is 2.98. The molecule has 2 aromatic heterocycles. The van der Waals surface area contributed by atoms with Gasteiger partial charge >= 0.3 is 0 Å². The van der Waals surface area contributed by atoms with Crippen molar-refractivity contribution in [2.45, 2.75) is 42.7 Å². The van der Waals surface area contributed by atoms with Gasteiger partial charge < -0.3 is 0 Å². The van der Waals surface area contributed by atoms with E-state index in [0.717, 1.165) is 41.2 Å². The maximum atomic E-state index is 4.97. The Morgan fingerprint density at radius 3 is 1.79 bits per heavy atom. The number of aromatic nitrogens is 2. The molecule has 2 unspecified atom stereocenters. The first-order valence-corrected chi connectivity index (χ1v) is 15.5. The van der Waals surface area contributed by atoms with E-state index in [0.29, 0.717) is 0 Å². The van der Waals surface area contributed by atoms with Crippen molar-refractivity contribution in [3.63, 3.8) is 0 Å². The van der Waals surface area contributed by atoms with Crippen LogP contribution >= 0.6 is 18.5 Å². The third-order valence-electron chi connectivity index (χ3n) is 10.1. The van der Waals surface area contributed by atoms with E-state index in [4.69, 9.17) is 9.97 Å². The SMILES string of the molecule is PCC1(c2ccc(-c3ccccc3)cc2C(P)(c2ccccn2)c2ccccn2)C2CC3CC(C2)CC1C3. The standard InChI is InChI=1S/C34H36N2P2/c37-22-33(27-17-23-16-24(19-27)20-28(33)18-23)29-13-12-26(25-8-2-1-3-9-25)21-30(29)34(38,31-10-4-6-14-35-31)32-11-5-7-15-36-32/h1-15,21,23-24,27-28H,16-20,22,37-38H2. The van der Waals surface area contributed by atoms with E-state index in [1.54, 1.807) is 0 Å². The van der Waals surface area contributed by atoms with Crippen LogP contribution in [0.15, 0.2) is 97.3 Å². The lowest BCUT2D eigenvalue weighted by Crippen LogP contribution is -2.57. The average molecular weight is 535 g/mol. The molecule has 8 rings (SSSR count). The van der Waals surface area contributed by atoms with Crippen LogP contribution in [0, 0.1) is 23.7 Å². The maximum Gasteiger partial charge on any atom is 0.0936 e. The molecule has 4 fully saturated rings. The minimum Gasteiger partial charge on any atom is -0.260 e. The molecule has 0 radical (unpaired) electrons. The van der Waals surface area contributed by atoms with Crippen LogP contribution in [0.5, 0.6) is 0 Å². The van der Waals surface area contributed by atoms with Crippen molar-refractivity contribution in [3.05, 3.63) is 120 Å². The van der Waals surface area contributed by atoms with Gasteiger partial charge in [0.2, 0.25) is 0 Å². The van der Waals surface area contributed by atoms with Crippen LogP contribution in [0.25, 0.3) is 11.1 Å². The lowest BCUT2D eigenvalue weighted by atomic mass is 9.43. The summed E-state index contributed by atoms with van der Waals surface area (Å²) in [5.41, 5.74) is 7.60. The molecular weight excluding hydrogens is 498 g/mol. The van der Waals surface area contributed by atoms with E-state index < -0.39 is 5.16 Å². The lowest BCUT2D eigenvalue weighted by molar-refractivity contribution is -0.0504. The molecular formula is C34H36N2P2. The molecule has 4 bridgehead atoms. The normalized spacial score (nSPS) is 27.9. The first kappa shape index (κ1) is 24.6. The quantitative estimate of drug-likeness (QED) is 0.235. The van der Waals surface area contributed by atoms with Gasteiger partial charge in [-0.3, -0.25) is 9.97 Å². The van der Waals surface area contributed by atoms with Gasteiger partial charge in [-0.1, -0.05) is 54.6 Å². The fourth-order valence-corrected chi connectivity index (χ4v) is 10.1. The molecule has 4 aromatic rings. The topological polar surface area (TPSA) is 25.8 Å². The van der Waals surface area contributed by atoms with Crippen molar-refractivity contribution in [2.75, 3.05) is 6.16 Å². The van der Waals surface area contributed by atoms with Gasteiger partial charge in [0.1, 0.15) is 0 Å². The molecule has 192 valence electrons. The molecule has 4 saturated carbocycles. The highest BCUT2D eigenvalue weighted by molar-refractivity contribution is 7.19. The second kappa shape index (κ2) is 9.66. The minimum atomic E-state index is -0.551. The Kier molecular flexibility index (Phi) is 6.26. The Balaban J connectivity index is 1.52. The Morgan fingerprint density at radius 2 is 1.26 bits per heavy atom.